The second-order valence-corrected chi connectivity index (χ2v) is 5.69. The lowest BCUT2D eigenvalue weighted by molar-refractivity contribution is 0.0846. The van der Waals surface area contributed by atoms with E-state index in [4.69, 9.17) is 4.74 Å². The molecule has 6 nitrogen and oxygen atoms in total. The van der Waals surface area contributed by atoms with E-state index in [1.807, 2.05) is 7.05 Å². The highest BCUT2D eigenvalue weighted by molar-refractivity contribution is 5.86. The molecule has 0 saturated heterocycles. The van der Waals surface area contributed by atoms with Gasteiger partial charge < -0.3 is 10.1 Å². The highest BCUT2D eigenvalue weighted by atomic mass is 16.5. The Labute approximate surface area is 124 Å². The molecule has 2 aromatic heterocycles. The van der Waals surface area contributed by atoms with Gasteiger partial charge in [0.2, 0.25) is 0 Å². The average Bonchev–Trinajstić information content (AvgIpc) is 3.10. The number of ether oxygens (including phenoxy) is 1. The minimum atomic E-state index is 0.468. The molecule has 0 aliphatic heterocycles. The smallest absolute Gasteiger partial charge is 0.163 e. The molecule has 6 heteroatoms. The van der Waals surface area contributed by atoms with Crippen LogP contribution >= 0.6 is 0 Å². The Morgan fingerprint density at radius 2 is 2.14 bits per heavy atom. The largest absolute Gasteiger partial charge is 0.373 e. The van der Waals surface area contributed by atoms with Crippen LogP contribution in [0.15, 0.2) is 6.20 Å². The molecule has 0 amide bonds. The second kappa shape index (κ2) is 6.39. The summed E-state index contributed by atoms with van der Waals surface area (Å²) in [4.78, 5) is 9.13. The molecular weight excluding hydrogens is 266 g/mol. The Morgan fingerprint density at radius 3 is 2.90 bits per heavy atom. The zero-order valence-electron chi connectivity index (χ0n) is 12.8. The lowest BCUT2D eigenvalue weighted by Crippen LogP contribution is -2.09. The second-order valence-electron chi connectivity index (χ2n) is 5.69. The topological polar surface area (TPSA) is 64.9 Å². The van der Waals surface area contributed by atoms with Crippen molar-refractivity contribution >= 4 is 16.9 Å². The summed E-state index contributed by atoms with van der Waals surface area (Å²) in [6, 6.07) is 0. The molecule has 0 unspecified atom stereocenters. The molecular formula is C15H23N5O. The Bertz CT molecular complexity index is 603. The van der Waals surface area contributed by atoms with Crippen LogP contribution in [0.4, 0.5) is 5.82 Å². The van der Waals surface area contributed by atoms with Crippen LogP contribution in [0.1, 0.15) is 38.4 Å². The van der Waals surface area contributed by atoms with Gasteiger partial charge in [0.15, 0.2) is 11.5 Å². The van der Waals surface area contributed by atoms with Gasteiger partial charge in [0.1, 0.15) is 12.4 Å². The van der Waals surface area contributed by atoms with Crippen molar-refractivity contribution in [1.29, 1.82) is 0 Å². The molecule has 1 N–H and O–H groups in total. The van der Waals surface area contributed by atoms with Crippen molar-refractivity contribution in [2.45, 2.75) is 39.2 Å². The maximum atomic E-state index is 5.82. The lowest BCUT2D eigenvalue weighted by atomic mass is 10.1. The van der Waals surface area contributed by atoms with Gasteiger partial charge in [-0.1, -0.05) is 12.8 Å². The molecule has 0 aromatic carbocycles. The summed E-state index contributed by atoms with van der Waals surface area (Å²) in [6.45, 7) is 4.17. The van der Waals surface area contributed by atoms with Crippen LogP contribution in [0.2, 0.25) is 0 Å². The van der Waals surface area contributed by atoms with Crippen molar-refractivity contribution < 1.29 is 4.74 Å². The SMILES string of the molecule is CCNc1nc(COCC2CCCC2)nc2c1cnn2C. The Hall–Kier alpha value is -1.69. The standard InChI is InChI=1S/C15H23N5O/c1-3-16-14-12-8-17-20(2)15(12)19-13(18-14)10-21-9-11-6-4-5-7-11/h8,11H,3-7,9-10H2,1-2H3,(H,16,18,19). The molecule has 0 bridgehead atoms. The third-order valence-electron chi connectivity index (χ3n) is 4.04. The number of aryl methyl sites for hydroxylation is 1. The van der Waals surface area contributed by atoms with E-state index in [2.05, 4.69) is 27.3 Å². The van der Waals surface area contributed by atoms with E-state index in [0.717, 1.165) is 41.7 Å². The van der Waals surface area contributed by atoms with Gasteiger partial charge in [0.25, 0.3) is 0 Å². The van der Waals surface area contributed by atoms with Gasteiger partial charge in [-0.15, -0.1) is 0 Å². The molecule has 114 valence electrons. The van der Waals surface area contributed by atoms with Gasteiger partial charge in [-0.05, 0) is 25.7 Å². The van der Waals surface area contributed by atoms with Crippen LogP contribution in [-0.2, 0) is 18.4 Å². The summed E-state index contributed by atoms with van der Waals surface area (Å²) in [5.41, 5.74) is 0.848. The van der Waals surface area contributed by atoms with Crippen molar-refractivity contribution in [3.63, 3.8) is 0 Å². The zero-order chi connectivity index (χ0) is 14.7. The number of hydrogen-bond acceptors (Lipinski definition) is 5. The summed E-state index contributed by atoms with van der Waals surface area (Å²) < 4.78 is 7.60. The number of nitrogens with one attached hydrogen (secondary N) is 1. The first-order valence-electron chi connectivity index (χ1n) is 7.78. The van der Waals surface area contributed by atoms with E-state index in [0.29, 0.717) is 6.61 Å². The molecule has 2 aromatic rings. The first-order valence-corrected chi connectivity index (χ1v) is 7.78. The van der Waals surface area contributed by atoms with Crippen LogP contribution in [0.25, 0.3) is 11.0 Å². The van der Waals surface area contributed by atoms with Crippen LogP contribution in [0.3, 0.4) is 0 Å². The molecule has 0 atom stereocenters. The molecule has 21 heavy (non-hydrogen) atoms. The molecule has 0 radical (unpaired) electrons. The average molecular weight is 289 g/mol. The Morgan fingerprint density at radius 1 is 1.33 bits per heavy atom. The van der Waals surface area contributed by atoms with E-state index in [9.17, 15) is 0 Å². The van der Waals surface area contributed by atoms with Gasteiger partial charge in [0.05, 0.1) is 11.6 Å². The van der Waals surface area contributed by atoms with Crippen molar-refractivity contribution in [3.8, 4) is 0 Å². The lowest BCUT2D eigenvalue weighted by Gasteiger charge is -2.10. The first kappa shape index (κ1) is 14.3. The summed E-state index contributed by atoms with van der Waals surface area (Å²) >= 11 is 0. The molecule has 1 saturated carbocycles. The molecule has 1 aliphatic rings. The summed E-state index contributed by atoms with van der Waals surface area (Å²) in [7, 11) is 1.90. The number of aromatic nitrogens is 4. The van der Waals surface area contributed by atoms with Gasteiger partial charge in [-0.3, -0.25) is 4.68 Å². The summed E-state index contributed by atoms with van der Waals surface area (Å²) in [5.74, 6) is 2.29. The number of hydrogen-bond donors (Lipinski definition) is 1. The molecule has 2 heterocycles. The molecule has 3 rings (SSSR count). The van der Waals surface area contributed by atoms with Crippen molar-refractivity contribution in [2.75, 3.05) is 18.5 Å². The van der Waals surface area contributed by atoms with E-state index in [1.165, 1.54) is 25.7 Å². The van der Waals surface area contributed by atoms with Crippen molar-refractivity contribution in [3.05, 3.63) is 12.0 Å². The van der Waals surface area contributed by atoms with E-state index in [1.54, 1.807) is 10.9 Å². The van der Waals surface area contributed by atoms with E-state index in [-0.39, 0.29) is 0 Å². The molecule has 0 spiro atoms. The van der Waals surface area contributed by atoms with Gasteiger partial charge in [-0.25, -0.2) is 9.97 Å². The van der Waals surface area contributed by atoms with Crippen molar-refractivity contribution in [2.24, 2.45) is 13.0 Å². The fraction of sp³-hybridized carbons (Fsp3) is 0.667. The van der Waals surface area contributed by atoms with Crippen LogP contribution in [0.5, 0.6) is 0 Å². The van der Waals surface area contributed by atoms with Crippen LogP contribution in [0, 0.1) is 5.92 Å². The third kappa shape index (κ3) is 3.15. The maximum Gasteiger partial charge on any atom is 0.163 e. The van der Waals surface area contributed by atoms with E-state index < -0.39 is 0 Å². The Kier molecular flexibility index (Phi) is 4.34. The summed E-state index contributed by atoms with van der Waals surface area (Å²) in [5, 5.41) is 8.49. The Balaban J connectivity index is 1.73. The number of nitrogens with zero attached hydrogens (tertiary/aromatic N) is 4. The fourth-order valence-electron chi connectivity index (χ4n) is 2.93. The minimum absolute atomic E-state index is 0.468. The number of rotatable bonds is 6. The van der Waals surface area contributed by atoms with Gasteiger partial charge in [-0.2, -0.15) is 5.10 Å². The van der Waals surface area contributed by atoms with Gasteiger partial charge >= 0.3 is 0 Å². The highest BCUT2D eigenvalue weighted by Crippen LogP contribution is 2.25. The van der Waals surface area contributed by atoms with E-state index >= 15 is 0 Å². The molecule has 1 aliphatic carbocycles. The normalized spacial score (nSPS) is 15.9. The monoisotopic (exact) mass is 289 g/mol. The fourth-order valence-corrected chi connectivity index (χ4v) is 2.93. The highest BCUT2D eigenvalue weighted by Gasteiger charge is 2.16. The van der Waals surface area contributed by atoms with Gasteiger partial charge in [0, 0.05) is 20.2 Å². The first-order chi connectivity index (χ1) is 10.3. The number of anilines is 1. The third-order valence-corrected chi connectivity index (χ3v) is 4.04. The minimum Gasteiger partial charge on any atom is -0.373 e. The summed E-state index contributed by atoms with van der Waals surface area (Å²) in [6.07, 6.45) is 7.08. The zero-order valence-corrected chi connectivity index (χ0v) is 12.8. The van der Waals surface area contributed by atoms with Crippen LogP contribution in [-0.4, -0.2) is 32.9 Å². The molecule has 1 fully saturated rings. The van der Waals surface area contributed by atoms with Crippen LogP contribution < -0.4 is 5.32 Å². The predicted octanol–water partition coefficient (Wildman–Crippen LogP) is 2.50. The van der Waals surface area contributed by atoms with Crippen molar-refractivity contribution in [1.82, 2.24) is 19.7 Å². The predicted molar refractivity (Wildman–Crippen MR) is 82.1 cm³/mol. The number of fused-ring (bicyclic) bond motifs is 1. The quantitative estimate of drug-likeness (QED) is 0.885. The maximum absolute atomic E-state index is 5.82.